The van der Waals surface area contributed by atoms with Gasteiger partial charge in [-0.05, 0) is 60.5 Å². The van der Waals surface area contributed by atoms with E-state index in [1.165, 1.54) is 4.90 Å². The lowest BCUT2D eigenvalue weighted by atomic mass is 10.1. The highest BCUT2D eigenvalue weighted by Crippen LogP contribution is 2.30. The molecule has 0 saturated heterocycles. The fourth-order valence-corrected chi connectivity index (χ4v) is 3.44. The van der Waals surface area contributed by atoms with Crippen molar-refractivity contribution in [1.82, 2.24) is 10.2 Å². The normalized spacial score (nSPS) is 10.5. The number of hydrogen-bond acceptors (Lipinski definition) is 5. The van der Waals surface area contributed by atoms with Crippen molar-refractivity contribution in [2.24, 2.45) is 0 Å². The molecule has 0 bridgehead atoms. The number of anilines is 1. The molecule has 8 nitrogen and oxygen atoms in total. The van der Waals surface area contributed by atoms with Crippen LogP contribution in [0.2, 0.25) is 0 Å². The van der Waals surface area contributed by atoms with E-state index in [-0.39, 0.29) is 18.5 Å². The molecule has 0 atom stereocenters. The third-order valence-corrected chi connectivity index (χ3v) is 5.11. The van der Waals surface area contributed by atoms with Crippen LogP contribution < -0.4 is 24.8 Å². The quantitative estimate of drug-likeness (QED) is 0.463. The molecule has 3 rings (SSSR count). The highest BCUT2D eigenvalue weighted by Gasteiger charge is 2.14. The lowest BCUT2D eigenvalue weighted by Gasteiger charge is -2.18. The molecule has 0 unspecified atom stereocenters. The fourth-order valence-electron chi connectivity index (χ4n) is 3.44. The van der Waals surface area contributed by atoms with Gasteiger partial charge in [0, 0.05) is 25.3 Å². The van der Waals surface area contributed by atoms with E-state index < -0.39 is 0 Å². The van der Waals surface area contributed by atoms with Gasteiger partial charge >= 0.3 is 6.03 Å². The van der Waals surface area contributed by atoms with Gasteiger partial charge in [-0.25, -0.2) is 4.79 Å². The highest BCUT2D eigenvalue weighted by molar-refractivity contribution is 5.94. The first-order chi connectivity index (χ1) is 16.4. The third-order valence-electron chi connectivity index (χ3n) is 5.11. The number of carbonyl (C=O) groups is 2. The van der Waals surface area contributed by atoms with E-state index in [9.17, 15) is 9.59 Å². The van der Waals surface area contributed by atoms with E-state index in [0.717, 1.165) is 22.1 Å². The summed E-state index contributed by atoms with van der Waals surface area (Å²) in [5, 5.41) is 7.76. The number of rotatable bonds is 10. The van der Waals surface area contributed by atoms with Crippen LogP contribution >= 0.6 is 0 Å². The molecule has 3 aromatic carbocycles. The summed E-state index contributed by atoms with van der Waals surface area (Å²) in [6.07, 6.45) is 0. The maximum absolute atomic E-state index is 12.5. The number of urea groups is 1. The van der Waals surface area contributed by atoms with Crippen molar-refractivity contribution < 1.29 is 23.8 Å². The number of benzene rings is 3. The molecule has 0 saturated carbocycles. The van der Waals surface area contributed by atoms with Gasteiger partial charge in [-0.2, -0.15) is 0 Å². The molecular formula is C26H31N3O5. The number of methoxy groups -OCH3 is 1. The molecule has 2 N–H and O–H groups in total. The summed E-state index contributed by atoms with van der Waals surface area (Å²) < 4.78 is 16.4. The minimum Gasteiger partial charge on any atom is -0.497 e. The zero-order chi connectivity index (χ0) is 24.5. The Morgan fingerprint density at radius 2 is 1.59 bits per heavy atom. The number of ether oxygens (including phenoxy) is 3. The van der Waals surface area contributed by atoms with E-state index in [4.69, 9.17) is 14.2 Å². The first kappa shape index (κ1) is 24.7. The lowest BCUT2D eigenvalue weighted by molar-refractivity contribution is -0.116. The second kappa shape index (κ2) is 11.8. The van der Waals surface area contributed by atoms with Gasteiger partial charge in [0.15, 0.2) is 11.5 Å². The van der Waals surface area contributed by atoms with Gasteiger partial charge in [0.2, 0.25) is 5.91 Å². The van der Waals surface area contributed by atoms with Crippen LogP contribution in [0.5, 0.6) is 17.2 Å². The van der Waals surface area contributed by atoms with Crippen LogP contribution in [0.3, 0.4) is 0 Å². The zero-order valence-corrected chi connectivity index (χ0v) is 20.0. The van der Waals surface area contributed by atoms with Crippen molar-refractivity contribution in [1.29, 1.82) is 0 Å². The monoisotopic (exact) mass is 465 g/mol. The molecule has 0 aromatic heterocycles. The predicted octanol–water partition coefficient (Wildman–Crippen LogP) is 4.43. The number of fused-ring (bicyclic) bond motifs is 1. The largest absolute Gasteiger partial charge is 0.497 e. The van der Waals surface area contributed by atoms with Crippen LogP contribution in [-0.4, -0.2) is 50.8 Å². The molecule has 8 heteroatoms. The van der Waals surface area contributed by atoms with Crippen molar-refractivity contribution >= 4 is 28.4 Å². The molecule has 34 heavy (non-hydrogen) atoms. The van der Waals surface area contributed by atoms with Crippen LogP contribution in [0.4, 0.5) is 10.5 Å². The second-order valence-corrected chi connectivity index (χ2v) is 7.64. The van der Waals surface area contributed by atoms with Crippen molar-refractivity contribution in [2.75, 3.05) is 39.2 Å². The first-order valence-corrected chi connectivity index (χ1v) is 11.2. The Labute approximate surface area is 199 Å². The standard InChI is InChI=1S/C26H31N3O5/c1-5-33-23-12-10-21(15-24(23)34-6-2)28-25(30)17-29(3)26(31)27-16-18-7-8-20-14-22(32-4)11-9-19(20)13-18/h7-15H,5-6,16-17H2,1-4H3,(H,27,31)(H,28,30). The van der Waals surface area contributed by atoms with E-state index in [1.807, 2.05) is 50.2 Å². The highest BCUT2D eigenvalue weighted by atomic mass is 16.5. The van der Waals surface area contributed by atoms with Gasteiger partial charge in [-0.1, -0.05) is 18.2 Å². The SMILES string of the molecule is CCOc1ccc(NC(=O)CN(C)C(=O)NCc2ccc3cc(OC)ccc3c2)cc1OCC. The number of hydrogen-bond donors (Lipinski definition) is 2. The number of nitrogens with one attached hydrogen (secondary N) is 2. The number of carbonyl (C=O) groups excluding carboxylic acids is 2. The van der Waals surface area contributed by atoms with Gasteiger partial charge in [0.1, 0.15) is 12.3 Å². The summed E-state index contributed by atoms with van der Waals surface area (Å²) in [5.41, 5.74) is 1.53. The summed E-state index contributed by atoms with van der Waals surface area (Å²) >= 11 is 0. The smallest absolute Gasteiger partial charge is 0.317 e. The maximum Gasteiger partial charge on any atom is 0.317 e. The van der Waals surface area contributed by atoms with Gasteiger partial charge in [-0.3, -0.25) is 4.79 Å². The van der Waals surface area contributed by atoms with Crippen LogP contribution in [-0.2, 0) is 11.3 Å². The van der Waals surface area contributed by atoms with Crippen LogP contribution in [0.1, 0.15) is 19.4 Å². The van der Waals surface area contributed by atoms with E-state index in [1.54, 1.807) is 32.4 Å². The van der Waals surface area contributed by atoms with Crippen molar-refractivity contribution in [2.45, 2.75) is 20.4 Å². The Morgan fingerprint density at radius 3 is 2.32 bits per heavy atom. The summed E-state index contributed by atoms with van der Waals surface area (Å²) in [6.45, 7) is 5.02. The van der Waals surface area contributed by atoms with Gasteiger partial charge in [0.05, 0.1) is 20.3 Å². The average Bonchev–Trinajstić information content (AvgIpc) is 2.83. The van der Waals surface area contributed by atoms with Crippen molar-refractivity contribution in [3.05, 3.63) is 60.2 Å². The molecule has 0 aliphatic heterocycles. The number of likely N-dealkylation sites (N-methyl/N-ethyl adjacent to an activating group) is 1. The molecular weight excluding hydrogens is 434 g/mol. The molecule has 0 spiro atoms. The maximum atomic E-state index is 12.5. The Bertz CT molecular complexity index is 1150. The topological polar surface area (TPSA) is 89.1 Å². The Kier molecular flexibility index (Phi) is 8.56. The Balaban J connectivity index is 1.53. The molecule has 0 aliphatic carbocycles. The fraction of sp³-hybridized carbons (Fsp3) is 0.308. The lowest BCUT2D eigenvalue weighted by Crippen LogP contribution is -2.41. The Morgan fingerprint density at radius 1 is 0.882 bits per heavy atom. The number of nitrogens with zero attached hydrogens (tertiary/aromatic N) is 1. The van der Waals surface area contributed by atoms with Gasteiger partial charge < -0.3 is 29.7 Å². The van der Waals surface area contributed by atoms with E-state index >= 15 is 0 Å². The molecule has 0 aliphatic rings. The zero-order valence-electron chi connectivity index (χ0n) is 20.0. The summed E-state index contributed by atoms with van der Waals surface area (Å²) in [5.74, 6) is 1.66. The minimum atomic E-state index is -0.341. The molecule has 3 amide bonds. The number of amides is 3. The third kappa shape index (κ3) is 6.54. The van der Waals surface area contributed by atoms with E-state index in [0.29, 0.717) is 36.9 Å². The predicted molar refractivity (Wildman–Crippen MR) is 133 cm³/mol. The van der Waals surface area contributed by atoms with Crippen LogP contribution in [0, 0.1) is 0 Å². The van der Waals surface area contributed by atoms with Gasteiger partial charge in [-0.15, -0.1) is 0 Å². The molecule has 3 aromatic rings. The van der Waals surface area contributed by atoms with Crippen molar-refractivity contribution in [3.8, 4) is 17.2 Å². The molecule has 0 fully saturated rings. The van der Waals surface area contributed by atoms with Gasteiger partial charge in [0.25, 0.3) is 0 Å². The summed E-state index contributed by atoms with van der Waals surface area (Å²) in [4.78, 5) is 26.3. The molecule has 0 radical (unpaired) electrons. The molecule has 0 heterocycles. The van der Waals surface area contributed by atoms with E-state index in [2.05, 4.69) is 10.6 Å². The first-order valence-electron chi connectivity index (χ1n) is 11.2. The van der Waals surface area contributed by atoms with Crippen molar-refractivity contribution in [3.63, 3.8) is 0 Å². The van der Waals surface area contributed by atoms with Crippen LogP contribution in [0.15, 0.2) is 54.6 Å². The Hall–Kier alpha value is -3.94. The average molecular weight is 466 g/mol. The molecule has 180 valence electrons. The van der Waals surface area contributed by atoms with Crippen LogP contribution in [0.25, 0.3) is 10.8 Å². The summed E-state index contributed by atoms with van der Waals surface area (Å²) in [7, 11) is 3.21. The minimum absolute atomic E-state index is 0.0967. The second-order valence-electron chi connectivity index (χ2n) is 7.64. The summed E-state index contributed by atoms with van der Waals surface area (Å²) in [6, 6.07) is 16.7.